The molecule has 3 rings (SSSR count). The predicted octanol–water partition coefficient (Wildman–Crippen LogP) is 4.90. The molecule has 0 aliphatic carbocycles. The zero-order valence-corrected chi connectivity index (χ0v) is 20.6. The summed E-state index contributed by atoms with van der Waals surface area (Å²) in [7, 11) is 2.62. The number of hydrogen-bond donors (Lipinski definition) is 1. The number of carbonyl (C=O) groups excluding carboxylic acids is 2. The molecule has 2 aromatic carbocycles. The Labute approximate surface area is 204 Å². The SMILES string of the molecule is CCOc1cc(C2C(C(=O)OC)=C(C)NC(C)=C2C(=O)OC)ccc1OCc1ccc(Cl)cc1. The first-order chi connectivity index (χ1) is 16.3. The molecule has 1 N–H and O–H groups in total. The van der Waals surface area contributed by atoms with E-state index in [1.165, 1.54) is 14.2 Å². The van der Waals surface area contributed by atoms with Crippen molar-refractivity contribution in [1.29, 1.82) is 0 Å². The van der Waals surface area contributed by atoms with Crippen molar-refractivity contribution in [2.24, 2.45) is 0 Å². The van der Waals surface area contributed by atoms with E-state index in [0.717, 1.165) is 5.56 Å². The maximum atomic E-state index is 12.7. The highest BCUT2D eigenvalue weighted by Gasteiger charge is 2.38. The van der Waals surface area contributed by atoms with E-state index in [4.69, 9.17) is 30.5 Å². The van der Waals surface area contributed by atoms with E-state index < -0.39 is 17.9 Å². The molecule has 180 valence electrons. The van der Waals surface area contributed by atoms with Gasteiger partial charge in [0.25, 0.3) is 0 Å². The van der Waals surface area contributed by atoms with Crippen LogP contribution in [-0.2, 0) is 25.7 Å². The highest BCUT2D eigenvalue weighted by molar-refractivity contribution is 6.30. The molecule has 0 atom stereocenters. The van der Waals surface area contributed by atoms with Gasteiger partial charge in [0.1, 0.15) is 6.61 Å². The smallest absolute Gasteiger partial charge is 0.336 e. The van der Waals surface area contributed by atoms with Crippen molar-refractivity contribution in [3.63, 3.8) is 0 Å². The number of nitrogens with one attached hydrogen (secondary N) is 1. The minimum atomic E-state index is -0.703. The van der Waals surface area contributed by atoms with Crippen LogP contribution in [0.2, 0.25) is 5.02 Å². The number of rotatable bonds is 8. The highest BCUT2D eigenvalue weighted by atomic mass is 35.5. The van der Waals surface area contributed by atoms with Gasteiger partial charge in [-0.05, 0) is 56.2 Å². The van der Waals surface area contributed by atoms with Gasteiger partial charge in [0.2, 0.25) is 0 Å². The van der Waals surface area contributed by atoms with Crippen molar-refractivity contribution >= 4 is 23.5 Å². The monoisotopic (exact) mass is 485 g/mol. The van der Waals surface area contributed by atoms with Crippen molar-refractivity contribution in [3.05, 3.63) is 81.2 Å². The normalized spacial score (nSPS) is 13.9. The quantitative estimate of drug-likeness (QED) is 0.532. The molecule has 0 unspecified atom stereocenters. The summed E-state index contributed by atoms with van der Waals surface area (Å²) < 4.78 is 21.9. The van der Waals surface area contributed by atoms with E-state index in [1.54, 1.807) is 38.1 Å². The molecular formula is C26H28ClNO6. The van der Waals surface area contributed by atoms with Gasteiger partial charge in [-0.2, -0.15) is 0 Å². The molecule has 0 aromatic heterocycles. The third kappa shape index (κ3) is 5.37. The number of dihydropyridines is 1. The summed E-state index contributed by atoms with van der Waals surface area (Å²) in [5.41, 5.74) is 3.47. The van der Waals surface area contributed by atoms with Gasteiger partial charge in [0.15, 0.2) is 11.5 Å². The molecule has 1 heterocycles. The first-order valence-electron chi connectivity index (χ1n) is 10.8. The number of halogens is 1. The van der Waals surface area contributed by atoms with Crippen molar-refractivity contribution in [2.45, 2.75) is 33.3 Å². The molecule has 0 radical (unpaired) electrons. The highest BCUT2D eigenvalue weighted by Crippen LogP contribution is 2.42. The topological polar surface area (TPSA) is 83.1 Å². The van der Waals surface area contributed by atoms with E-state index in [0.29, 0.717) is 57.8 Å². The summed E-state index contributed by atoms with van der Waals surface area (Å²) in [6, 6.07) is 12.7. The van der Waals surface area contributed by atoms with Crippen LogP contribution in [-0.4, -0.2) is 32.8 Å². The Kier molecular flexibility index (Phi) is 8.23. The van der Waals surface area contributed by atoms with Crippen molar-refractivity contribution in [3.8, 4) is 11.5 Å². The average Bonchev–Trinajstić information content (AvgIpc) is 2.83. The Morgan fingerprint density at radius 2 is 1.47 bits per heavy atom. The zero-order valence-electron chi connectivity index (χ0n) is 19.9. The standard InChI is InChI=1S/C26H28ClNO6/c1-6-33-21-13-18(9-12-20(21)34-14-17-7-10-19(27)11-8-17)24-22(25(29)31-4)15(2)28-16(3)23(24)26(30)32-5/h7-13,24,28H,6,14H2,1-5H3. The lowest BCUT2D eigenvalue weighted by molar-refractivity contribution is -0.137. The molecule has 0 bridgehead atoms. The lowest BCUT2D eigenvalue weighted by atomic mass is 9.80. The molecule has 8 heteroatoms. The molecule has 0 fully saturated rings. The van der Waals surface area contributed by atoms with Crippen LogP contribution < -0.4 is 14.8 Å². The van der Waals surface area contributed by atoms with Crippen LogP contribution in [0.5, 0.6) is 11.5 Å². The van der Waals surface area contributed by atoms with Gasteiger partial charge in [-0.25, -0.2) is 9.59 Å². The molecule has 34 heavy (non-hydrogen) atoms. The lowest BCUT2D eigenvalue weighted by Crippen LogP contribution is -2.32. The molecule has 1 aliphatic rings. The Morgan fingerprint density at radius 3 is 2.00 bits per heavy atom. The number of methoxy groups -OCH3 is 2. The lowest BCUT2D eigenvalue weighted by Gasteiger charge is -2.30. The second-order valence-corrected chi connectivity index (χ2v) is 8.11. The fourth-order valence-corrected chi connectivity index (χ4v) is 4.05. The molecule has 0 spiro atoms. The molecule has 0 amide bonds. The number of hydrogen-bond acceptors (Lipinski definition) is 7. The number of allylic oxidation sites excluding steroid dienone is 2. The predicted molar refractivity (Wildman–Crippen MR) is 129 cm³/mol. The van der Waals surface area contributed by atoms with Gasteiger partial charge in [-0.3, -0.25) is 0 Å². The Hall–Kier alpha value is -3.45. The number of ether oxygens (including phenoxy) is 4. The molecular weight excluding hydrogens is 458 g/mol. The maximum absolute atomic E-state index is 12.7. The average molecular weight is 486 g/mol. The summed E-state index contributed by atoms with van der Waals surface area (Å²) in [5.74, 6) is -0.744. The minimum Gasteiger partial charge on any atom is -0.490 e. The van der Waals surface area contributed by atoms with Gasteiger partial charge in [-0.1, -0.05) is 29.8 Å². The number of esters is 2. The Bertz CT molecular complexity index is 1100. The Morgan fingerprint density at radius 1 is 0.882 bits per heavy atom. The van der Waals surface area contributed by atoms with Crippen molar-refractivity contribution in [1.82, 2.24) is 5.32 Å². The Balaban J connectivity index is 2.04. The second kappa shape index (κ2) is 11.1. The van der Waals surface area contributed by atoms with Crippen LogP contribution in [0.3, 0.4) is 0 Å². The molecule has 7 nitrogen and oxygen atoms in total. The fourth-order valence-electron chi connectivity index (χ4n) is 3.92. The number of benzene rings is 2. The number of carbonyl (C=O) groups is 2. The van der Waals surface area contributed by atoms with E-state index in [2.05, 4.69) is 5.32 Å². The summed E-state index contributed by atoms with van der Waals surface area (Å²) in [6.45, 7) is 6.13. The summed E-state index contributed by atoms with van der Waals surface area (Å²) >= 11 is 5.96. The van der Waals surface area contributed by atoms with Gasteiger partial charge in [-0.15, -0.1) is 0 Å². The fraction of sp³-hybridized carbons (Fsp3) is 0.308. The van der Waals surface area contributed by atoms with Gasteiger partial charge in [0, 0.05) is 16.4 Å². The van der Waals surface area contributed by atoms with Crippen LogP contribution in [0, 0.1) is 0 Å². The van der Waals surface area contributed by atoms with E-state index in [1.807, 2.05) is 25.1 Å². The molecule has 2 aromatic rings. The third-order valence-corrected chi connectivity index (χ3v) is 5.73. The van der Waals surface area contributed by atoms with Crippen molar-refractivity contribution < 1.29 is 28.5 Å². The summed E-state index contributed by atoms with van der Waals surface area (Å²) in [6.07, 6.45) is 0. The first-order valence-corrected chi connectivity index (χ1v) is 11.2. The van der Waals surface area contributed by atoms with Crippen LogP contribution in [0.1, 0.15) is 37.8 Å². The van der Waals surface area contributed by atoms with Gasteiger partial charge < -0.3 is 24.3 Å². The van der Waals surface area contributed by atoms with Crippen LogP contribution in [0.4, 0.5) is 0 Å². The van der Waals surface area contributed by atoms with Crippen LogP contribution >= 0.6 is 11.6 Å². The van der Waals surface area contributed by atoms with Gasteiger partial charge >= 0.3 is 11.9 Å². The van der Waals surface area contributed by atoms with Crippen LogP contribution in [0.25, 0.3) is 0 Å². The van der Waals surface area contributed by atoms with Gasteiger partial charge in [0.05, 0.1) is 37.9 Å². The second-order valence-electron chi connectivity index (χ2n) is 7.67. The summed E-state index contributed by atoms with van der Waals surface area (Å²) in [5, 5.41) is 3.75. The molecule has 0 saturated heterocycles. The first kappa shape index (κ1) is 25.2. The van der Waals surface area contributed by atoms with E-state index in [9.17, 15) is 9.59 Å². The summed E-state index contributed by atoms with van der Waals surface area (Å²) in [4.78, 5) is 25.4. The molecule has 1 aliphatic heterocycles. The maximum Gasteiger partial charge on any atom is 0.336 e. The van der Waals surface area contributed by atoms with E-state index >= 15 is 0 Å². The third-order valence-electron chi connectivity index (χ3n) is 5.48. The van der Waals surface area contributed by atoms with Crippen molar-refractivity contribution in [2.75, 3.05) is 20.8 Å². The van der Waals surface area contributed by atoms with E-state index in [-0.39, 0.29) is 0 Å². The van der Waals surface area contributed by atoms with Crippen LogP contribution in [0.15, 0.2) is 65.0 Å². The largest absolute Gasteiger partial charge is 0.490 e. The zero-order chi connectivity index (χ0) is 24.8. The molecule has 0 saturated carbocycles. The minimum absolute atomic E-state index is 0.322.